The number of hydrogen-bond donors (Lipinski definition) is 2. The molecule has 0 bridgehead atoms. The van der Waals surface area contributed by atoms with Gasteiger partial charge in [-0.15, -0.1) is 0 Å². The van der Waals surface area contributed by atoms with Crippen molar-refractivity contribution < 1.29 is 27.8 Å². The highest BCUT2D eigenvalue weighted by Gasteiger charge is 2.17. The van der Waals surface area contributed by atoms with Crippen LogP contribution in [0.2, 0.25) is 0 Å². The lowest BCUT2D eigenvalue weighted by atomic mass is 10.1. The summed E-state index contributed by atoms with van der Waals surface area (Å²) in [5, 5.41) is 5.42. The minimum absolute atomic E-state index is 0.0568. The Morgan fingerprint density at radius 2 is 1.26 bits per heavy atom. The van der Waals surface area contributed by atoms with E-state index in [1.54, 1.807) is 4.90 Å². The molecular formula is C26H25F2N3O4. The van der Waals surface area contributed by atoms with Crippen LogP contribution in [0.15, 0.2) is 66.7 Å². The minimum atomic E-state index is -0.401. The Hall–Kier alpha value is -3.98. The van der Waals surface area contributed by atoms with Crippen molar-refractivity contribution in [3.63, 3.8) is 0 Å². The Balaban J connectivity index is 1.40. The van der Waals surface area contributed by atoms with Crippen molar-refractivity contribution in [1.82, 2.24) is 4.90 Å². The van der Waals surface area contributed by atoms with Gasteiger partial charge in [0.05, 0.1) is 13.1 Å². The fourth-order valence-corrected chi connectivity index (χ4v) is 3.62. The lowest BCUT2D eigenvalue weighted by Gasteiger charge is -2.22. The largest absolute Gasteiger partial charge is 0.486 e. The molecule has 0 radical (unpaired) electrons. The molecule has 0 saturated heterocycles. The summed E-state index contributed by atoms with van der Waals surface area (Å²) >= 11 is 0. The standard InChI is InChI=1S/C26H25F2N3O4/c27-19-2-6-21(7-3-19)29-25(32)16-31(17-26(33)30-22-8-4-20(28)5-9-22)12-11-18-1-10-23-24(15-18)35-14-13-34-23/h1-10,15H,11-14,16-17H2,(H,29,32)(H,30,33). The number of fused-ring (bicyclic) bond motifs is 1. The van der Waals surface area contributed by atoms with Crippen LogP contribution in [0.1, 0.15) is 5.56 Å². The summed E-state index contributed by atoms with van der Waals surface area (Å²) in [6, 6.07) is 16.5. The van der Waals surface area contributed by atoms with Crippen LogP contribution in [-0.4, -0.2) is 49.6 Å². The maximum absolute atomic E-state index is 13.1. The zero-order valence-electron chi connectivity index (χ0n) is 18.9. The zero-order chi connectivity index (χ0) is 24.6. The Bertz CT molecular complexity index is 1110. The highest BCUT2D eigenvalue weighted by Crippen LogP contribution is 2.30. The van der Waals surface area contributed by atoms with Crippen LogP contribution in [0.25, 0.3) is 0 Å². The van der Waals surface area contributed by atoms with E-state index in [2.05, 4.69) is 10.6 Å². The van der Waals surface area contributed by atoms with E-state index in [4.69, 9.17) is 9.47 Å². The molecule has 0 fully saturated rings. The molecule has 1 heterocycles. The van der Waals surface area contributed by atoms with Crippen molar-refractivity contribution in [1.29, 1.82) is 0 Å². The summed E-state index contributed by atoms with van der Waals surface area (Å²) in [6.45, 7) is 1.28. The SMILES string of the molecule is O=C(CN(CCc1ccc2c(c1)OCCO2)CC(=O)Nc1ccc(F)cc1)Nc1ccc(F)cc1. The summed E-state index contributed by atoms with van der Waals surface area (Å²) < 4.78 is 37.5. The number of ether oxygens (including phenoxy) is 2. The number of halogens is 2. The van der Waals surface area contributed by atoms with E-state index in [9.17, 15) is 18.4 Å². The molecule has 0 unspecified atom stereocenters. The van der Waals surface area contributed by atoms with Crippen LogP contribution in [0.5, 0.6) is 11.5 Å². The van der Waals surface area contributed by atoms with Crippen molar-refractivity contribution in [2.24, 2.45) is 0 Å². The molecule has 0 spiro atoms. The maximum atomic E-state index is 13.1. The van der Waals surface area contributed by atoms with Gasteiger partial charge in [0, 0.05) is 17.9 Å². The molecule has 35 heavy (non-hydrogen) atoms. The van der Waals surface area contributed by atoms with E-state index in [0.29, 0.717) is 49.1 Å². The lowest BCUT2D eigenvalue weighted by Crippen LogP contribution is -2.40. The lowest BCUT2D eigenvalue weighted by molar-refractivity contribution is -0.120. The molecule has 2 amide bonds. The van der Waals surface area contributed by atoms with E-state index < -0.39 is 11.6 Å². The molecule has 3 aromatic rings. The first-order valence-corrected chi connectivity index (χ1v) is 11.2. The average molecular weight is 481 g/mol. The number of anilines is 2. The highest BCUT2D eigenvalue weighted by atomic mass is 19.1. The Labute approximate surface area is 201 Å². The van der Waals surface area contributed by atoms with E-state index in [1.807, 2.05) is 18.2 Å². The fourth-order valence-electron chi connectivity index (χ4n) is 3.62. The van der Waals surface area contributed by atoms with E-state index in [0.717, 1.165) is 5.56 Å². The number of carbonyl (C=O) groups excluding carboxylic acids is 2. The van der Waals surface area contributed by atoms with Crippen molar-refractivity contribution in [3.8, 4) is 11.5 Å². The molecule has 7 nitrogen and oxygen atoms in total. The topological polar surface area (TPSA) is 79.9 Å². The monoisotopic (exact) mass is 481 g/mol. The summed E-state index contributed by atoms with van der Waals surface area (Å²) in [4.78, 5) is 27.0. The fraction of sp³-hybridized carbons (Fsp3) is 0.231. The second-order valence-corrected chi connectivity index (χ2v) is 8.05. The molecule has 0 aromatic heterocycles. The van der Waals surface area contributed by atoms with Crippen LogP contribution < -0.4 is 20.1 Å². The van der Waals surface area contributed by atoms with Crippen molar-refractivity contribution in [2.45, 2.75) is 6.42 Å². The smallest absolute Gasteiger partial charge is 0.238 e. The number of nitrogens with one attached hydrogen (secondary N) is 2. The Kier molecular flexibility index (Phi) is 7.89. The number of amides is 2. The Morgan fingerprint density at radius 3 is 1.80 bits per heavy atom. The zero-order valence-corrected chi connectivity index (χ0v) is 18.9. The molecule has 182 valence electrons. The summed E-state index contributed by atoms with van der Waals surface area (Å²) in [5.41, 5.74) is 1.88. The first kappa shape index (κ1) is 24.2. The van der Waals surface area contributed by atoms with Gasteiger partial charge in [-0.25, -0.2) is 8.78 Å². The minimum Gasteiger partial charge on any atom is -0.486 e. The number of rotatable bonds is 9. The first-order chi connectivity index (χ1) is 16.9. The van der Waals surface area contributed by atoms with Gasteiger partial charge in [-0.3, -0.25) is 14.5 Å². The van der Waals surface area contributed by atoms with Crippen molar-refractivity contribution in [3.05, 3.63) is 83.9 Å². The number of hydrogen-bond acceptors (Lipinski definition) is 5. The van der Waals surface area contributed by atoms with Gasteiger partial charge < -0.3 is 20.1 Å². The first-order valence-electron chi connectivity index (χ1n) is 11.2. The van der Waals surface area contributed by atoms with Gasteiger partial charge in [-0.1, -0.05) is 6.07 Å². The molecule has 0 aliphatic carbocycles. The van der Waals surface area contributed by atoms with Crippen LogP contribution in [0.3, 0.4) is 0 Å². The highest BCUT2D eigenvalue weighted by molar-refractivity contribution is 5.94. The average Bonchev–Trinajstić information content (AvgIpc) is 2.85. The van der Waals surface area contributed by atoms with E-state index in [1.165, 1.54) is 48.5 Å². The predicted molar refractivity (Wildman–Crippen MR) is 128 cm³/mol. The third-order valence-corrected chi connectivity index (χ3v) is 5.31. The predicted octanol–water partition coefficient (Wildman–Crippen LogP) is 3.86. The molecule has 1 aliphatic rings. The van der Waals surface area contributed by atoms with Gasteiger partial charge in [0.15, 0.2) is 11.5 Å². The molecular weight excluding hydrogens is 456 g/mol. The molecule has 1 aliphatic heterocycles. The molecule has 0 atom stereocenters. The second-order valence-electron chi connectivity index (χ2n) is 8.05. The molecule has 4 rings (SSSR count). The molecule has 0 saturated carbocycles. The van der Waals surface area contributed by atoms with Gasteiger partial charge in [0.25, 0.3) is 0 Å². The summed E-state index contributed by atoms with van der Waals surface area (Å²) in [5.74, 6) is -0.123. The van der Waals surface area contributed by atoms with E-state index in [-0.39, 0.29) is 24.9 Å². The second kappa shape index (κ2) is 11.4. The van der Waals surface area contributed by atoms with Gasteiger partial charge in [0.2, 0.25) is 11.8 Å². The molecule has 3 aromatic carbocycles. The van der Waals surface area contributed by atoms with Crippen molar-refractivity contribution in [2.75, 3.05) is 43.5 Å². The molecule has 9 heteroatoms. The third kappa shape index (κ3) is 7.25. The molecule has 2 N–H and O–H groups in total. The van der Waals surface area contributed by atoms with Crippen LogP contribution >= 0.6 is 0 Å². The van der Waals surface area contributed by atoms with Gasteiger partial charge in [0.1, 0.15) is 24.8 Å². The van der Waals surface area contributed by atoms with Crippen LogP contribution in [0.4, 0.5) is 20.2 Å². The number of benzene rings is 3. The van der Waals surface area contributed by atoms with Gasteiger partial charge in [-0.05, 0) is 72.6 Å². The Morgan fingerprint density at radius 1 is 0.743 bits per heavy atom. The third-order valence-electron chi connectivity index (χ3n) is 5.31. The van der Waals surface area contributed by atoms with Gasteiger partial charge in [-0.2, -0.15) is 0 Å². The van der Waals surface area contributed by atoms with E-state index >= 15 is 0 Å². The summed E-state index contributed by atoms with van der Waals surface area (Å²) in [7, 11) is 0. The summed E-state index contributed by atoms with van der Waals surface area (Å²) in [6.07, 6.45) is 0.560. The van der Waals surface area contributed by atoms with Gasteiger partial charge >= 0.3 is 0 Å². The number of nitrogens with zero attached hydrogens (tertiary/aromatic N) is 1. The van der Waals surface area contributed by atoms with Crippen LogP contribution in [-0.2, 0) is 16.0 Å². The van der Waals surface area contributed by atoms with Crippen LogP contribution in [0, 0.1) is 11.6 Å². The van der Waals surface area contributed by atoms with Crippen molar-refractivity contribution >= 4 is 23.2 Å². The maximum Gasteiger partial charge on any atom is 0.238 e. The quantitative estimate of drug-likeness (QED) is 0.485. The normalized spacial score (nSPS) is 12.3. The number of carbonyl (C=O) groups is 2.